The van der Waals surface area contributed by atoms with Gasteiger partial charge in [0.2, 0.25) is 0 Å². The summed E-state index contributed by atoms with van der Waals surface area (Å²) in [4.78, 5) is 10.9. The molecule has 3 unspecified atom stereocenters. The molecule has 3 atom stereocenters. The zero-order chi connectivity index (χ0) is 9.26. The van der Waals surface area contributed by atoms with Gasteiger partial charge in [-0.1, -0.05) is 19.1 Å². The number of carbonyl (C=O) groups excluding carboxylic acids is 1. The second-order valence-electron chi connectivity index (χ2n) is 4.08. The van der Waals surface area contributed by atoms with Crippen LogP contribution in [0.2, 0.25) is 0 Å². The van der Waals surface area contributed by atoms with Crippen molar-refractivity contribution >= 4 is 5.97 Å². The summed E-state index contributed by atoms with van der Waals surface area (Å²) in [6.07, 6.45) is 7.60. The number of hydrogen-bond donors (Lipinski definition) is 0. The number of esters is 1. The Labute approximate surface area is 79.0 Å². The van der Waals surface area contributed by atoms with Gasteiger partial charge in [0.1, 0.15) is 0 Å². The van der Waals surface area contributed by atoms with E-state index in [2.05, 4.69) is 12.2 Å². The summed E-state index contributed by atoms with van der Waals surface area (Å²) in [6.45, 7) is 2.47. The third-order valence-corrected chi connectivity index (χ3v) is 3.16. The lowest BCUT2D eigenvalue weighted by Gasteiger charge is -2.17. The van der Waals surface area contributed by atoms with E-state index in [9.17, 15) is 4.79 Å². The molecule has 0 aromatic heterocycles. The SMILES string of the molecule is CCC(=O)OCC1CC2C=CC1C2. The van der Waals surface area contributed by atoms with Crippen LogP contribution in [0.5, 0.6) is 0 Å². The van der Waals surface area contributed by atoms with E-state index >= 15 is 0 Å². The van der Waals surface area contributed by atoms with Gasteiger partial charge in [-0.05, 0) is 30.6 Å². The lowest BCUT2D eigenvalue weighted by atomic mass is 9.95. The number of carbonyl (C=O) groups is 1. The number of ether oxygens (including phenoxy) is 1. The van der Waals surface area contributed by atoms with Crippen molar-refractivity contribution in [3.05, 3.63) is 12.2 Å². The summed E-state index contributed by atoms with van der Waals surface area (Å²) in [5.41, 5.74) is 0. The van der Waals surface area contributed by atoms with E-state index in [1.54, 1.807) is 0 Å². The van der Waals surface area contributed by atoms with Crippen LogP contribution in [0.15, 0.2) is 12.2 Å². The number of fused-ring (bicyclic) bond motifs is 2. The summed E-state index contributed by atoms with van der Waals surface area (Å²) in [6, 6.07) is 0. The van der Waals surface area contributed by atoms with Crippen molar-refractivity contribution in [2.75, 3.05) is 6.61 Å². The first kappa shape index (κ1) is 8.79. The zero-order valence-corrected chi connectivity index (χ0v) is 8.03. The van der Waals surface area contributed by atoms with Gasteiger partial charge >= 0.3 is 5.97 Å². The first-order valence-corrected chi connectivity index (χ1v) is 5.13. The topological polar surface area (TPSA) is 26.3 Å². The molecule has 2 aliphatic carbocycles. The number of allylic oxidation sites excluding steroid dienone is 2. The molecule has 0 heterocycles. The van der Waals surface area contributed by atoms with Crippen molar-refractivity contribution in [2.45, 2.75) is 26.2 Å². The average molecular weight is 180 g/mol. The van der Waals surface area contributed by atoms with E-state index in [1.807, 2.05) is 6.92 Å². The van der Waals surface area contributed by atoms with E-state index in [1.165, 1.54) is 12.8 Å². The largest absolute Gasteiger partial charge is 0.465 e. The average Bonchev–Trinajstić information content (AvgIpc) is 2.74. The maximum Gasteiger partial charge on any atom is 0.305 e. The first-order valence-electron chi connectivity index (χ1n) is 5.13. The lowest BCUT2D eigenvalue weighted by Crippen LogP contribution is -2.17. The summed E-state index contributed by atoms with van der Waals surface area (Å²) in [5, 5.41) is 0. The van der Waals surface area contributed by atoms with Crippen LogP contribution in [-0.2, 0) is 9.53 Å². The molecule has 0 N–H and O–H groups in total. The van der Waals surface area contributed by atoms with E-state index in [4.69, 9.17) is 4.74 Å². The summed E-state index contributed by atoms with van der Waals surface area (Å²) in [5.74, 6) is 2.00. The predicted molar refractivity (Wildman–Crippen MR) is 50.1 cm³/mol. The summed E-state index contributed by atoms with van der Waals surface area (Å²) < 4.78 is 5.15. The molecule has 72 valence electrons. The second kappa shape index (κ2) is 3.52. The Morgan fingerprint density at radius 2 is 2.31 bits per heavy atom. The van der Waals surface area contributed by atoms with Gasteiger partial charge in [-0.2, -0.15) is 0 Å². The van der Waals surface area contributed by atoms with Crippen LogP contribution in [0.3, 0.4) is 0 Å². The van der Waals surface area contributed by atoms with Gasteiger partial charge in [-0.3, -0.25) is 4.79 Å². The third-order valence-electron chi connectivity index (χ3n) is 3.16. The predicted octanol–water partition coefficient (Wildman–Crippen LogP) is 2.15. The smallest absolute Gasteiger partial charge is 0.305 e. The zero-order valence-electron chi connectivity index (χ0n) is 8.03. The second-order valence-corrected chi connectivity index (χ2v) is 4.08. The van der Waals surface area contributed by atoms with E-state index in [0.717, 1.165) is 5.92 Å². The van der Waals surface area contributed by atoms with Crippen LogP contribution in [-0.4, -0.2) is 12.6 Å². The molecule has 0 aromatic carbocycles. The van der Waals surface area contributed by atoms with E-state index < -0.39 is 0 Å². The van der Waals surface area contributed by atoms with Crippen molar-refractivity contribution < 1.29 is 9.53 Å². The fourth-order valence-corrected chi connectivity index (χ4v) is 2.39. The third kappa shape index (κ3) is 1.77. The molecule has 1 fully saturated rings. The van der Waals surface area contributed by atoms with Gasteiger partial charge in [-0.25, -0.2) is 0 Å². The molecule has 13 heavy (non-hydrogen) atoms. The maximum absolute atomic E-state index is 10.9. The monoisotopic (exact) mass is 180 g/mol. The highest BCUT2D eigenvalue weighted by atomic mass is 16.5. The minimum atomic E-state index is -0.0632. The van der Waals surface area contributed by atoms with Crippen molar-refractivity contribution in [3.8, 4) is 0 Å². The van der Waals surface area contributed by atoms with Crippen molar-refractivity contribution in [3.63, 3.8) is 0 Å². The van der Waals surface area contributed by atoms with Crippen LogP contribution >= 0.6 is 0 Å². The molecule has 0 spiro atoms. The highest BCUT2D eigenvalue weighted by Crippen LogP contribution is 2.43. The molecule has 1 saturated carbocycles. The fraction of sp³-hybridized carbons (Fsp3) is 0.727. The number of hydrogen-bond acceptors (Lipinski definition) is 2. The van der Waals surface area contributed by atoms with E-state index in [0.29, 0.717) is 24.9 Å². The summed E-state index contributed by atoms with van der Waals surface area (Å²) >= 11 is 0. The molecule has 2 nitrogen and oxygen atoms in total. The highest BCUT2D eigenvalue weighted by Gasteiger charge is 2.35. The molecule has 0 aliphatic heterocycles. The Morgan fingerprint density at radius 3 is 2.85 bits per heavy atom. The molecule has 0 aromatic rings. The fourth-order valence-electron chi connectivity index (χ4n) is 2.39. The Bertz CT molecular complexity index is 232. The van der Waals surface area contributed by atoms with Crippen LogP contribution in [0.1, 0.15) is 26.2 Å². The van der Waals surface area contributed by atoms with Gasteiger partial charge in [0.05, 0.1) is 6.61 Å². The molecule has 2 rings (SSSR count). The van der Waals surface area contributed by atoms with Gasteiger partial charge in [-0.15, -0.1) is 0 Å². The Hall–Kier alpha value is -0.790. The maximum atomic E-state index is 10.9. The van der Waals surface area contributed by atoms with E-state index in [-0.39, 0.29) is 5.97 Å². The molecule has 0 saturated heterocycles. The van der Waals surface area contributed by atoms with Gasteiger partial charge < -0.3 is 4.74 Å². The van der Waals surface area contributed by atoms with Crippen LogP contribution in [0.4, 0.5) is 0 Å². The minimum absolute atomic E-state index is 0.0632. The normalized spacial score (nSPS) is 35.3. The van der Waals surface area contributed by atoms with Crippen LogP contribution in [0, 0.1) is 17.8 Å². The highest BCUT2D eigenvalue weighted by molar-refractivity contribution is 5.68. The molecule has 2 aliphatic rings. The summed E-state index contributed by atoms with van der Waals surface area (Å²) in [7, 11) is 0. The van der Waals surface area contributed by atoms with Gasteiger partial charge in [0, 0.05) is 6.42 Å². The Balaban J connectivity index is 1.78. The van der Waals surface area contributed by atoms with Gasteiger partial charge in [0.25, 0.3) is 0 Å². The molecular formula is C11H16O2. The molecule has 0 radical (unpaired) electrons. The Kier molecular flexibility index (Phi) is 2.38. The molecule has 2 bridgehead atoms. The molecular weight excluding hydrogens is 164 g/mol. The van der Waals surface area contributed by atoms with Crippen molar-refractivity contribution in [1.29, 1.82) is 0 Å². The molecule has 2 heteroatoms. The van der Waals surface area contributed by atoms with Crippen molar-refractivity contribution in [2.24, 2.45) is 17.8 Å². The molecule has 0 amide bonds. The quantitative estimate of drug-likeness (QED) is 0.491. The van der Waals surface area contributed by atoms with Gasteiger partial charge in [0.15, 0.2) is 0 Å². The van der Waals surface area contributed by atoms with Crippen LogP contribution in [0.25, 0.3) is 0 Å². The number of rotatable bonds is 3. The van der Waals surface area contributed by atoms with Crippen LogP contribution < -0.4 is 0 Å². The standard InChI is InChI=1S/C11H16O2/c1-2-11(12)13-7-10-6-8-3-4-9(10)5-8/h3-4,8-10H,2,5-7H2,1H3. The first-order chi connectivity index (χ1) is 6.29. The lowest BCUT2D eigenvalue weighted by molar-refractivity contribution is -0.144. The van der Waals surface area contributed by atoms with Crippen molar-refractivity contribution in [1.82, 2.24) is 0 Å². The minimum Gasteiger partial charge on any atom is -0.465 e. The Morgan fingerprint density at radius 1 is 1.46 bits per heavy atom.